The van der Waals surface area contributed by atoms with E-state index in [9.17, 15) is 0 Å². The van der Waals surface area contributed by atoms with Crippen molar-refractivity contribution >= 4 is 0 Å². The Kier molecular flexibility index (Phi) is 4.22. The van der Waals surface area contributed by atoms with Gasteiger partial charge in [-0.2, -0.15) is 0 Å². The second kappa shape index (κ2) is 5.48. The summed E-state index contributed by atoms with van der Waals surface area (Å²) < 4.78 is 11.2. The van der Waals surface area contributed by atoms with Gasteiger partial charge in [-0.15, -0.1) is 0 Å². The average Bonchev–Trinajstić information content (AvgIpc) is 2.39. The highest BCUT2D eigenvalue weighted by atomic mass is 16.5. The van der Waals surface area contributed by atoms with Crippen molar-refractivity contribution in [1.82, 2.24) is 0 Å². The average molecular weight is 227 g/mol. The van der Waals surface area contributed by atoms with Crippen LogP contribution < -0.4 is 5.73 Å². The van der Waals surface area contributed by atoms with Crippen LogP contribution in [0.15, 0.2) is 0 Å². The first-order chi connectivity index (χ1) is 7.78. The smallest absolute Gasteiger partial charge is 0.0831 e. The lowest BCUT2D eigenvalue weighted by molar-refractivity contribution is -0.0830. The quantitative estimate of drug-likeness (QED) is 0.803. The maximum Gasteiger partial charge on any atom is 0.0831 e. The van der Waals surface area contributed by atoms with Gasteiger partial charge in [0.05, 0.1) is 5.60 Å². The van der Waals surface area contributed by atoms with Crippen molar-refractivity contribution in [2.45, 2.75) is 56.6 Å². The topological polar surface area (TPSA) is 44.5 Å². The molecule has 0 aromatic carbocycles. The summed E-state index contributed by atoms with van der Waals surface area (Å²) >= 11 is 0. The molecule has 16 heavy (non-hydrogen) atoms. The van der Waals surface area contributed by atoms with Crippen LogP contribution in [0.3, 0.4) is 0 Å². The van der Waals surface area contributed by atoms with Gasteiger partial charge in [-0.25, -0.2) is 0 Å². The fourth-order valence-electron chi connectivity index (χ4n) is 3.33. The zero-order valence-corrected chi connectivity index (χ0v) is 10.4. The van der Waals surface area contributed by atoms with Gasteiger partial charge in [0.15, 0.2) is 0 Å². The number of nitrogens with two attached hydrogens (primary N) is 1. The molecule has 2 fully saturated rings. The van der Waals surface area contributed by atoms with Crippen LogP contribution >= 0.6 is 0 Å². The highest BCUT2D eigenvalue weighted by Crippen LogP contribution is 2.37. The van der Waals surface area contributed by atoms with Crippen molar-refractivity contribution in [3.05, 3.63) is 0 Å². The first kappa shape index (κ1) is 12.3. The van der Waals surface area contributed by atoms with E-state index in [2.05, 4.69) is 0 Å². The lowest BCUT2D eigenvalue weighted by Gasteiger charge is -2.44. The number of hydrogen-bond acceptors (Lipinski definition) is 3. The van der Waals surface area contributed by atoms with Crippen molar-refractivity contribution in [3.63, 3.8) is 0 Å². The van der Waals surface area contributed by atoms with Crippen LogP contribution in [-0.2, 0) is 9.47 Å². The number of methoxy groups -OCH3 is 1. The minimum atomic E-state index is -0.0414. The maximum absolute atomic E-state index is 6.49. The third kappa shape index (κ3) is 2.41. The second-order valence-corrected chi connectivity index (χ2v) is 5.31. The summed E-state index contributed by atoms with van der Waals surface area (Å²) in [5, 5.41) is 0. The zero-order valence-electron chi connectivity index (χ0n) is 10.4. The lowest BCUT2D eigenvalue weighted by Crippen LogP contribution is -2.55. The molecule has 0 aromatic rings. The molecule has 3 nitrogen and oxygen atoms in total. The van der Waals surface area contributed by atoms with Crippen LogP contribution in [0.5, 0.6) is 0 Å². The summed E-state index contributed by atoms with van der Waals surface area (Å²) in [6.07, 6.45) is 8.36. The number of hydrogen-bond donors (Lipinski definition) is 1. The highest BCUT2D eigenvalue weighted by molar-refractivity contribution is 4.97. The third-order valence-corrected chi connectivity index (χ3v) is 4.49. The molecular weight excluding hydrogens is 202 g/mol. The van der Waals surface area contributed by atoms with Gasteiger partial charge in [0.2, 0.25) is 0 Å². The Morgan fingerprint density at radius 3 is 2.38 bits per heavy atom. The molecule has 1 heterocycles. The Morgan fingerprint density at radius 1 is 1.19 bits per heavy atom. The van der Waals surface area contributed by atoms with E-state index in [4.69, 9.17) is 15.2 Å². The predicted octanol–water partition coefficient (Wildman–Crippen LogP) is 2.09. The fraction of sp³-hybridized carbons (Fsp3) is 1.00. The van der Waals surface area contributed by atoms with Gasteiger partial charge in [0.1, 0.15) is 0 Å². The van der Waals surface area contributed by atoms with E-state index in [1.165, 1.54) is 19.3 Å². The lowest BCUT2D eigenvalue weighted by atomic mass is 9.73. The maximum atomic E-state index is 6.49. The molecule has 0 amide bonds. The molecule has 2 N–H and O–H groups in total. The van der Waals surface area contributed by atoms with E-state index in [1.807, 2.05) is 7.11 Å². The van der Waals surface area contributed by atoms with Gasteiger partial charge in [-0.05, 0) is 31.6 Å². The third-order valence-electron chi connectivity index (χ3n) is 4.49. The summed E-state index contributed by atoms with van der Waals surface area (Å²) in [5.41, 5.74) is 6.45. The Bertz CT molecular complexity index is 208. The number of rotatable bonds is 3. The molecular formula is C13H25NO2. The summed E-state index contributed by atoms with van der Waals surface area (Å²) in [5.74, 6) is 0.590. The van der Waals surface area contributed by atoms with Gasteiger partial charge in [-0.3, -0.25) is 0 Å². The van der Waals surface area contributed by atoms with Crippen LogP contribution in [-0.4, -0.2) is 32.0 Å². The first-order valence-electron chi connectivity index (χ1n) is 6.67. The van der Waals surface area contributed by atoms with E-state index >= 15 is 0 Å². The van der Waals surface area contributed by atoms with E-state index in [0.29, 0.717) is 5.92 Å². The van der Waals surface area contributed by atoms with Gasteiger partial charge in [-0.1, -0.05) is 19.3 Å². The van der Waals surface area contributed by atoms with Gasteiger partial charge < -0.3 is 15.2 Å². The van der Waals surface area contributed by atoms with Crippen LogP contribution in [0.1, 0.15) is 44.9 Å². The second-order valence-electron chi connectivity index (χ2n) is 5.31. The Hall–Kier alpha value is -0.120. The summed E-state index contributed by atoms with van der Waals surface area (Å²) in [6.45, 7) is 1.75. The monoisotopic (exact) mass is 227 g/mol. The van der Waals surface area contributed by atoms with E-state index < -0.39 is 0 Å². The van der Waals surface area contributed by atoms with Gasteiger partial charge in [0, 0.05) is 26.4 Å². The standard InChI is InChI=1S/C13H25NO2/c1-15-13(7-3-2-4-8-13)12(14)11-5-9-16-10-6-11/h11-12H,2-10,14H2,1H3. The molecule has 1 aliphatic heterocycles. The molecule has 3 heteroatoms. The fourth-order valence-corrected chi connectivity index (χ4v) is 3.33. The molecule has 1 atom stereocenters. The van der Waals surface area contributed by atoms with Crippen molar-refractivity contribution in [3.8, 4) is 0 Å². The van der Waals surface area contributed by atoms with E-state index in [1.54, 1.807) is 0 Å². The largest absolute Gasteiger partial charge is 0.381 e. The van der Waals surface area contributed by atoms with Crippen LogP contribution in [0.4, 0.5) is 0 Å². The molecule has 94 valence electrons. The van der Waals surface area contributed by atoms with Crippen molar-refractivity contribution in [2.24, 2.45) is 11.7 Å². The first-order valence-corrected chi connectivity index (χ1v) is 6.67. The molecule has 1 saturated carbocycles. The van der Waals surface area contributed by atoms with Crippen LogP contribution in [0, 0.1) is 5.92 Å². The number of ether oxygens (including phenoxy) is 2. The molecule has 1 unspecified atom stereocenters. The minimum absolute atomic E-state index is 0.0414. The molecule has 0 aromatic heterocycles. The van der Waals surface area contributed by atoms with Gasteiger partial charge in [0.25, 0.3) is 0 Å². The van der Waals surface area contributed by atoms with Gasteiger partial charge >= 0.3 is 0 Å². The van der Waals surface area contributed by atoms with E-state index in [0.717, 1.165) is 38.9 Å². The highest BCUT2D eigenvalue weighted by Gasteiger charge is 2.41. The molecule has 0 bridgehead atoms. The molecule has 0 radical (unpaired) electrons. The van der Waals surface area contributed by atoms with Crippen LogP contribution in [0.25, 0.3) is 0 Å². The summed E-state index contributed by atoms with van der Waals surface area (Å²) in [7, 11) is 1.84. The molecule has 2 aliphatic rings. The van der Waals surface area contributed by atoms with Crippen molar-refractivity contribution < 1.29 is 9.47 Å². The molecule has 1 saturated heterocycles. The van der Waals surface area contributed by atoms with Crippen LogP contribution in [0.2, 0.25) is 0 Å². The van der Waals surface area contributed by atoms with Crippen molar-refractivity contribution in [2.75, 3.05) is 20.3 Å². The van der Waals surface area contributed by atoms with E-state index in [-0.39, 0.29) is 11.6 Å². The summed E-state index contributed by atoms with van der Waals surface area (Å²) in [6, 6.07) is 0.196. The molecule has 1 aliphatic carbocycles. The Labute approximate surface area is 98.7 Å². The zero-order chi connectivity index (χ0) is 11.4. The SMILES string of the molecule is COC1(C(N)C2CCOCC2)CCCCC1. The van der Waals surface area contributed by atoms with Crippen molar-refractivity contribution in [1.29, 1.82) is 0 Å². The summed E-state index contributed by atoms with van der Waals surface area (Å²) in [4.78, 5) is 0. The predicted molar refractivity (Wildman–Crippen MR) is 64.3 cm³/mol. The molecule has 2 rings (SSSR count). The minimum Gasteiger partial charge on any atom is -0.381 e. The Balaban J connectivity index is 2.00. The Morgan fingerprint density at radius 2 is 1.81 bits per heavy atom. The normalized spacial score (nSPS) is 28.9. The molecule has 0 spiro atoms.